The Morgan fingerprint density at radius 1 is 0.917 bits per heavy atom. The summed E-state index contributed by atoms with van der Waals surface area (Å²) in [5, 5.41) is 4.60. The average molecular weight is 486 g/mol. The van der Waals surface area contributed by atoms with E-state index in [0.717, 1.165) is 44.5 Å². The highest BCUT2D eigenvalue weighted by atomic mass is 16.2. The molecule has 6 rings (SSSR count). The minimum Gasteiger partial charge on any atom is -0.366 e. The van der Waals surface area contributed by atoms with Gasteiger partial charge in [-0.3, -0.25) is 4.79 Å². The molecule has 1 amide bonds. The number of carbonyl (C=O) groups is 1. The van der Waals surface area contributed by atoms with E-state index in [4.69, 9.17) is 0 Å². The van der Waals surface area contributed by atoms with Gasteiger partial charge in [-0.25, -0.2) is 4.52 Å². The zero-order valence-electron chi connectivity index (χ0n) is 21.8. The van der Waals surface area contributed by atoms with Crippen molar-refractivity contribution in [2.75, 3.05) is 44.2 Å². The van der Waals surface area contributed by atoms with E-state index in [9.17, 15) is 4.79 Å². The number of hydrogen-bond acceptors (Lipinski definition) is 4. The lowest BCUT2D eigenvalue weighted by molar-refractivity contribution is -0.138. The molecule has 2 saturated heterocycles. The van der Waals surface area contributed by atoms with Crippen LogP contribution in [0.5, 0.6) is 0 Å². The molecular formula is C30H39N5O. The van der Waals surface area contributed by atoms with Crippen LogP contribution in [0, 0.1) is 5.92 Å². The number of piperazine rings is 1. The predicted octanol–water partition coefficient (Wildman–Crippen LogP) is 5.04. The maximum absolute atomic E-state index is 12.7. The molecule has 4 heterocycles. The number of likely N-dealkylation sites (tertiary alicyclic amines) is 1. The van der Waals surface area contributed by atoms with Gasteiger partial charge < -0.3 is 14.7 Å². The molecule has 1 unspecified atom stereocenters. The molecule has 6 heteroatoms. The molecule has 0 radical (unpaired) electrons. The standard InChI is InChI=1S/C30H39N5O/c1-22(2)34-14-4-7-26(20-34)23-8-10-24(11-9-23)27-19-29-28(12-13-31-35(29)21-27)32-15-17-33(18-16-32)30(36)25-5-3-6-25/h8-13,19,21-22,25-26H,3-7,14-18,20H2,1-2H3. The van der Waals surface area contributed by atoms with Crippen molar-refractivity contribution in [1.82, 2.24) is 19.4 Å². The van der Waals surface area contributed by atoms with Gasteiger partial charge in [0.05, 0.1) is 11.2 Å². The van der Waals surface area contributed by atoms with Crippen molar-refractivity contribution in [2.45, 2.75) is 57.9 Å². The number of hydrogen-bond donors (Lipinski definition) is 0. The molecule has 3 fully saturated rings. The number of amides is 1. The Hall–Kier alpha value is -2.86. The molecule has 0 bridgehead atoms. The molecule has 6 nitrogen and oxygen atoms in total. The van der Waals surface area contributed by atoms with Gasteiger partial charge in [0.1, 0.15) is 0 Å². The summed E-state index contributed by atoms with van der Waals surface area (Å²) in [6.45, 7) is 10.4. The average Bonchev–Trinajstić information content (AvgIpc) is 3.32. The molecule has 1 aromatic carbocycles. The number of benzene rings is 1. The lowest BCUT2D eigenvalue weighted by Crippen LogP contribution is -2.51. The molecule has 2 aliphatic heterocycles. The summed E-state index contributed by atoms with van der Waals surface area (Å²) in [5.74, 6) is 1.29. The highest BCUT2D eigenvalue weighted by Gasteiger charge is 2.31. The molecule has 36 heavy (non-hydrogen) atoms. The van der Waals surface area contributed by atoms with Gasteiger partial charge in [-0.15, -0.1) is 0 Å². The summed E-state index contributed by atoms with van der Waals surface area (Å²) in [6, 6.07) is 14.2. The Morgan fingerprint density at radius 3 is 2.39 bits per heavy atom. The molecule has 3 aliphatic rings. The van der Waals surface area contributed by atoms with Crippen LogP contribution in [0.1, 0.15) is 57.4 Å². The summed E-state index contributed by atoms with van der Waals surface area (Å²) >= 11 is 0. The Balaban J connectivity index is 1.17. The smallest absolute Gasteiger partial charge is 0.225 e. The van der Waals surface area contributed by atoms with Gasteiger partial charge in [0.15, 0.2) is 0 Å². The summed E-state index contributed by atoms with van der Waals surface area (Å²) in [7, 11) is 0. The molecule has 1 atom stereocenters. The van der Waals surface area contributed by atoms with Crippen molar-refractivity contribution in [2.24, 2.45) is 5.92 Å². The highest BCUT2D eigenvalue weighted by molar-refractivity contribution is 5.81. The van der Waals surface area contributed by atoms with Crippen LogP contribution in [-0.4, -0.2) is 70.6 Å². The molecule has 0 N–H and O–H groups in total. The Bertz CT molecular complexity index is 1200. The van der Waals surface area contributed by atoms with Crippen molar-refractivity contribution < 1.29 is 4.79 Å². The van der Waals surface area contributed by atoms with Gasteiger partial charge in [-0.2, -0.15) is 5.10 Å². The Labute approximate surface area is 214 Å². The van der Waals surface area contributed by atoms with E-state index in [2.05, 4.69) is 76.2 Å². The van der Waals surface area contributed by atoms with E-state index in [-0.39, 0.29) is 5.92 Å². The van der Waals surface area contributed by atoms with Gasteiger partial charge >= 0.3 is 0 Å². The number of nitrogens with zero attached hydrogens (tertiary/aromatic N) is 5. The zero-order valence-corrected chi connectivity index (χ0v) is 21.8. The number of piperidine rings is 1. The number of carbonyl (C=O) groups excluding carboxylic acids is 1. The summed E-state index contributed by atoms with van der Waals surface area (Å²) in [5.41, 5.74) is 6.24. The quantitative estimate of drug-likeness (QED) is 0.508. The van der Waals surface area contributed by atoms with Crippen molar-refractivity contribution in [3.05, 3.63) is 54.4 Å². The van der Waals surface area contributed by atoms with Crippen LogP contribution in [0.25, 0.3) is 16.6 Å². The topological polar surface area (TPSA) is 44.1 Å². The van der Waals surface area contributed by atoms with E-state index in [1.165, 1.54) is 54.7 Å². The predicted molar refractivity (Wildman–Crippen MR) is 145 cm³/mol. The van der Waals surface area contributed by atoms with E-state index in [1.807, 2.05) is 10.7 Å². The normalized spacial score (nSPS) is 21.8. The number of aromatic nitrogens is 2. The second kappa shape index (κ2) is 9.89. The zero-order chi connectivity index (χ0) is 24.6. The second-order valence-corrected chi connectivity index (χ2v) is 11.3. The lowest BCUT2D eigenvalue weighted by atomic mass is 9.84. The van der Waals surface area contributed by atoms with E-state index >= 15 is 0 Å². The highest BCUT2D eigenvalue weighted by Crippen LogP contribution is 2.33. The second-order valence-electron chi connectivity index (χ2n) is 11.3. The maximum Gasteiger partial charge on any atom is 0.225 e. The SMILES string of the molecule is CC(C)N1CCCC(c2ccc(-c3cc4c(N5CCN(C(=O)C6CCC6)CC5)ccnn4c3)cc2)C1. The first-order chi connectivity index (χ1) is 17.6. The lowest BCUT2D eigenvalue weighted by Gasteiger charge is -2.39. The van der Waals surface area contributed by atoms with Gasteiger partial charge in [-0.1, -0.05) is 30.7 Å². The van der Waals surface area contributed by atoms with Crippen LogP contribution < -0.4 is 4.90 Å². The molecule has 3 aromatic rings. The van der Waals surface area contributed by atoms with Gasteiger partial charge in [0, 0.05) is 62.6 Å². The fourth-order valence-electron chi connectivity index (χ4n) is 6.20. The number of anilines is 1. The first kappa shape index (κ1) is 23.5. The van der Waals surface area contributed by atoms with Crippen LogP contribution in [0.15, 0.2) is 48.8 Å². The molecule has 2 aromatic heterocycles. The monoisotopic (exact) mass is 485 g/mol. The molecule has 1 saturated carbocycles. The number of fused-ring (bicyclic) bond motifs is 1. The summed E-state index contributed by atoms with van der Waals surface area (Å²) < 4.78 is 2.01. The van der Waals surface area contributed by atoms with Crippen molar-refractivity contribution in [3.8, 4) is 11.1 Å². The Kier molecular flexibility index (Phi) is 6.46. The Morgan fingerprint density at radius 2 is 1.69 bits per heavy atom. The molecule has 1 aliphatic carbocycles. The van der Waals surface area contributed by atoms with Crippen molar-refractivity contribution >= 4 is 17.1 Å². The summed E-state index contributed by atoms with van der Waals surface area (Å²) in [6.07, 6.45) is 9.97. The minimum atomic E-state index is 0.288. The summed E-state index contributed by atoms with van der Waals surface area (Å²) in [4.78, 5) is 19.8. The third-order valence-electron chi connectivity index (χ3n) is 8.77. The van der Waals surface area contributed by atoms with Gasteiger partial charge in [0.25, 0.3) is 0 Å². The fraction of sp³-hybridized carbons (Fsp3) is 0.533. The van der Waals surface area contributed by atoms with Crippen LogP contribution >= 0.6 is 0 Å². The number of rotatable bonds is 5. The van der Waals surface area contributed by atoms with E-state index in [0.29, 0.717) is 17.9 Å². The van der Waals surface area contributed by atoms with Crippen molar-refractivity contribution in [1.29, 1.82) is 0 Å². The van der Waals surface area contributed by atoms with Crippen LogP contribution in [0.4, 0.5) is 5.69 Å². The van der Waals surface area contributed by atoms with Crippen LogP contribution in [0.3, 0.4) is 0 Å². The van der Waals surface area contributed by atoms with E-state index in [1.54, 1.807) is 0 Å². The van der Waals surface area contributed by atoms with E-state index < -0.39 is 0 Å². The largest absolute Gasteiger partial charge is 0.366 e. The van der Waals surface area contributed by atoms with Gasteiger partial charge in [-0.05, 0) is 75.3 Å². The maximum atomic E-state index is 12.7. The first-order valence-electron chi connectivity index (χ1n) is 13.9. The van der Waals surface area contributed by atoms with Gasteiger partial charge in [0.2, 0.25) is 5.91 Å². The third-order valence-corrected chi connectivity index (χ3v) is 8.77. The molecule has 0 spiro atoms. The van der Waals surface area contributed by atoms with Crippen LogP contribution in [0.2, 0.25) is 0 Å². The minimum absolute atomic E-state index is 0.288. The molecular weight excluding hydrogens is 446 g/mol. The first-order valence-corrected chi connectivity index (χ1v) is 13.9. The fourth-order valence-corrected chi connectivity index (χ4v) is 6.20. The molecule has 190 valence electrons. The van der Waals surface area contributed by atoms with Crippen molar-refractivity contribution in [3.63, 3.8) is 0 Å². The third kappa shape index (κ3) is 4.52. The van der Waals surface area contributed by atoms with Crippen LogP contribution in [-0.2, 0) is 4.79 Å².